The number of benzene rings is 1. The monoisotopic (exact) mass is 245 g/mol. The predicted molar refractivity (Wildman–Crippen MR) is 81.5 cm³/mol. The summed E-state index contributed by atoms with van der Waals surface area (Å²) in [5, 5.41) is 3.47. The third-order valence-electron chi connectivity index (χ3n) is 3.13. The zero-order valence-corrected chi connectivity index (χ0v) is 12.5. The van der Waals surface area contributed by atoms with Gasteiger partial charge in [-0.1, -0.05) is 51.1 Å². The highest BCUT2D eigenvalue weighted by Gasteiger charge is 2.14. The van der Waals surface area contributed by atoms with Crippen molar-refractivity contribution in [3.63, 3.8) is 0 Å². The van der Waals surface area contributed by atoms with Crippen LogP contribution in [-0.4, -0.2) is 5.54 Å². The van der Waals surface area contributed by atoms with Gasteiger partial charge in [0.25, 0.3) is 0 Å². The van der Waals surface area contributed by atoms with Crippen molar-refractivity contribution in [1.82, 2.24) is 5.32 Å². The average Bonchev–Trinajstić information content (AvgIpc) is 2.27. The molecule has 0 aliphatic heterocycles. The zero-order valence-electron chi connectivity index (χ0n) is 12.5. The fourth-order valence-corrected chi connectivity index (χ4v) is 2.03. The fraction of sp³-hybridized carbons (Fsp3) is 0.529. The third kappa shape index (κ3) is 4.56. The van der Waals surface area contributed by atoms with Crippen LogP contribution in [0.2, 0.25) is 0 Å². The smallest absolute Gasteiger partial charge is 0.0347 e. The van der Waals surface area contributed by atoms with Gasteiger partial charge in [0.05, 0.1) is 0 Å². The lowest BCUT2D eigenvalue weighted by molar-refractivity contribution is 0.501. The second-order valence-corrected chi connectivity index (χ2v) is 6.23. The summed E-state index contributed by atoms with van der Waals surface area (Å²) in [5.74, 6) is 0.716. The van der Waals surface area contributed by atoms with Crippen molar-refractivity contribution < 1.29 is 0 Å². The quantitative estimate of drug-likeness (QED) is 0.797. The molecule has 1 aromatic carbocycles. The normalized spacial score (nSPS) is 13.2. The number of nitrogens with one attached hydrogen (secondary N) is 1. The van der Waals surface area contributed by atoms with E-state index in [0.717, 1.165) is 12.1 Å². The first kappa shape index (κ1) is 14.8. The molecule has 18 heavy (non-hydrogen) atoms. The SMILES string of the molecule is C=C(NC(C)(C)C)c1ccccc1CC(C)CC. The van der Waals surface area contributed by atoms with Gasteiger partial charge in [-0.25, -0.2) is 0 Å². The maximum atomic E-state index is 4.19. The molecule has 100 valence electrons. The molecule has 1 rings (SSSR count). The van der Waals surface area contributed by atoms with Crippen LogP contribution >= 0.6 is 0 Å². The fourth-order valence-electron chi connectivity index (χ4n) is 2.03. The van der Waals surface area contributed by atoms with Gasteiger partial charge >= 0.3 is 0 Å². The summed E-state index contributed by atoms with van der Waals surface area (Å²) in [4.78, 5) is 0. The summed E-state index contributed by atoms with van der Waals surface area (Å²) in [7, 11) is 0. The molecule has 0 saturated carbocycles. The van der Waals surface area contributed by atoms with Crippen LogP contribution in [0.15, 0.2) is 30.8 Å². The van der Waals surface area contributed by atoms with Crippen LogP contribution in [0.4, 0.5) is 0 Å². The van der Waals surface area contributed by atoms with Crippen molar-refractivity contribution in [1.29, 1.82) is 0 Å². The third-order valence-corrected chi connectivity index (χ3v) is 3.13. The molecule has 0 saturated heterocycles. The molecule has 1 heteroatoms. The van der Waals surface area contributed by atoms with Gasteiger partial charge in [-0.2, -0.15) is 0 Å². The summed E-state index contributed by atoms with van der Waals surface area (Å²) >= 11 is 0. The van der Waals surface area contributed by atoms with Gasteiger partial charge in [0.2, 0.25) is 0 Å². The summed E-state index contributed by atoms with van der Waals surface area (Å²) in [5.41, 5.74) is 3.74. The topological polar surface area (TPSA) is 12.0 Å². The molecule has 1 unspecified atom stereocenters. The second-order valence-electron chi connectivity index (χ2n) is 6.23. The molecule has 0 aliphatic rings. The molecule has 1 N–H and O–H groups in total. The molecule has 0 spiro atoms. The Balaban J connectivity index is 2.91. The Kier molecular flexibility index (Phi) is 5.01. The number of hydrogen-bond acceptors (Lipinski definition) is 1. The van der Waals surface area contributed by atoms with E-state index in [2.05, 4.69) is 70.8 Å². The maximum absolute atomic E-state index is 4.19. The zero-order chi connectivity index (χ0) is 13.8. The minimum atomic E-state index is 0.0561. The van der Waals surface area contributed by atoms with Gasteiger partial charge in [0.1, 0.15) is 0 Å². The van der Waals surface area contributed by atoms with E-state index in [4.69, 9.17) is 0 Å². The Labute approximate surface area is 112 Å². The molecule has 0 fully saturated rings. The number of hydrogen-bond donors (Lipinski definition) is 1. The summed E-state index contributed by atoms with van der Waals surface area (Å²) in [6.45, 7) is 15.2. The Hall–Kier alpha value is -1.24. The lowest BCUT2D eigenvalue weighted by Gasteiger charge is -2.25. The van der Waals surface area contributed by atoms with Gasteiger partial charge in [0, 0.05) is 16.8 Å². The maximum Gasteiger partial charge on any atom is 0.0347 e. The van der Waals surface area contributed by atoms with Crippen LogP contribution in [0.25, 0.3) is 5.70 Å². The van der Waals surface area contributed by atoms with Crippen LogP contribution in [0, 0.1) is 5.92 Å². The molecular weight excluding hydrogens is 218 g/mol. The van der Waals surface area contributed by atoms with Gasteiger partial charge in [-0.15, -0.1) is 0 Å². The van der Waals surface area contributed by atoms with E-state index in [0.29, 0.717) is 5.92 Å². The molecule has 1 atom stereocenters. The summed E-state index contributed by atoms with van der Waals surface area (Å²) < 4.78 is 0. The molecule has 1 nitrogen and oxygen atoms in total. The van der Waals surface area contributed by atoms with Gasteiger partial charge in [0.15, 0.2) is 0 Å². The average molecular weight is 245 g/mol. The highest BCUT2D eigenvalue weighted by Crippen LogP contribution is 2.22. The number of rotatable bonds is 5. The molecule has 0 radical (unpaired) electrons. The van der Waals surface area contributed by atoms with Crippen molar-refractivity contribution in [2.75, 3.05) is 0 Å². The second kappa shape index (κ2) is 6.08. The largest absolute Gasteiger partial charge is 0.380 e. The Morgan fingerprint density at radius 2 is 1.89 bits per heavy atom. The van der Waals surface area contributed by atoms with Crippen LogP contribution in [0.1, 0.15) is 52.2 Å². The van der Waals surface area contributed by atoms with E-state index in [1.807, 2.05) is 0 Å². The Morgan fingerprint density at radius 3 is 2.44 bits per heavy atom. The van der Waals surface area contributed by atoms with E-state index < -0.39 is 0 Å². The van der Waals surface area contributed by atoms with Gasteiger partial charge < -0.3 is 5.32 Å². The summed E-state index contributed by atoms with van der Waals surface area (Å²) in [6.07, 6.45) is 2.34. The van der Waals surface area contributed by atoms with Crippen molar-refractivity contribution in [2.45, 2.75) is 53.0 Å². The molecule has 0 aromatic heterocycles. The van der Waals surface area contributed by atoms with Crippen molar-refractivity contribution in [2.24, 2.45) is 5.92 Å². The standard InChI is InChI=1S/C17H27N/c1-7-13(2)12-15-10-8-9-11-16(15)14(3)18-17(4,5)6/h8-11,13,18H,3,7,12H2,1-2,4-6H3. The molecule has 0 heterocycles. The van der Waals surface area contributed by atoms with Gasteiger partial charge in [-0.3, -0.25) is 0 Å². The van der Waals surface area contributed by atoms with E-state index in [-0.39, 0.29) is 5.54 Å². The van der Waals surface area contributed by atoms with Crippen LogP contribution in [0.5, 0.6) is 0 Å². The van der Waals surface area contributed by atoms with E-state index in [1.165, 1.54) is 17.5 Å². The van der Waals surface area contributed by atoms with Crippen molar-refractivity contribution in [3.05, 3.63) is 42.0 Å². The van der Waals surface area contributed by atoms with E-state index >= 15 is 0 Å². The minimum Gasteiger partial charge on any atom is -0.380 e. The first-order chi connectivity index (χ1) is 8.33. The lowest BCUT2D eigenvalue weighted by atomic mass is 9.93. The lowest BCUT2D eigenvalue weighted by Crippen LogP contribution is -2.34. The van der Waals surface area contributed by atoms with Crippen LogP contribution in [0.3, 0.4) is 0 Å². The highest BCUT2D eigenvalue weighted by atomic mass is 15.0. The van der Waals surface area contributed by atoms with Crippen LogP contribution in [-0.2, 0) is 6.42 Å². The van der Waals surface area contributed by atoms with Crippen LogP contribution < -0.4 is 5.32 Å². The molecular formula is C17H27N. The van der Waals surface area contributed by atoms with E-state index in [9.17, 15) is 0 Å². The first-order valence-electron chi connectivity index (χ1n) is 6.89. The molecule has 0 bridgehead atoms. The van der Waals surface area contributed by atoms with E-state index in [1.54, 1.807) is 0 Å². The van der Waals surface area contributed by atoms with Gasteiger partial charge in [-0.05, 0) is 38.7 Å². The minimum absolute atomic E-state index is 0.0561. The highest BCUT2D eigenvalue weighted by molar-refractivity contribution is 5.65. The van der Waals surface area contributed by atoms with Crippen molar-refractivity contribution in [3.8, 4) is 0 Å². The Bertz CT molecular complexity index is 398. The Morgan fingerprint density at radius 1 is 1.28 bits per heavy atom. The molecule has 0 amide bonds. The van der Waals surface area contributed by atoms with Crippen molar-refractivity contribution >= 4 is 5.70 Å². The summed E-state index contributed by atoms with van der Waals surface area (Å²) in [6, 6.07) is 8.59. The predicted octanol–water partition coefficient (Wildman–Crippen LogP) is 4.63. The molecule has 0 aliphatic carbocycles. The molecule has 1 aromatic rings. The first-order valence-corrected chi connectivity index (χ1v) is 6.89.